The highest BCUT2D eigenvalue weighted by molar-refractivity contribution is 6.51. The summed E-state index contributed by atoms with van der Waals surface area (Å²) in [5, 5.41) is 0. The lowest BCUT2D eigenvalue weighted by atomic mass is 9.64. The van der Waals surface area contributed by atoms with Crippen molar-refractivity contribution in [2.75, 3.05) is 4.90 Å². The Morgan fingerprint density at radius 1 is 0.833 bits per heavy atom. The summed E-state index contributed by atoms with van der Waals surface area (Å²) >= 11 is 0. The van der Waals surface area contributed by atoms with Crippen molar-refractivity contribution in [3.63, 3.8) is 0 Å². The van der Waals surface area contributed by atoms with Gasteiger partial charge in [0, 0.05) is 11.2 Å². The van der Waals surface area contributed by atoms with Crippen molar-refractivity contribution in [2.45, 2.75) is 85.1 Å². The number of anilines is 1. The first kappa shape index (κ1) is 21.1. The van der Waals surface area contributed by atoms with Crippen LogP contribution in [0.3, 0.4) is 0 Å². The van der Waals surface area contributed by atoms with E-state index in [1.165, 1.54) is 16.8 Å². The Bertz CT molecular complexity index is 883. The quantitative estimate of drug-likeness (QED) is 0.521. The van der Waals surface area contributed by atoms with Gasteiger partial charge in [0.2, 0.25) is 0 Å². The molecule has 2 aromatic rings. The van der Waals surface area contributed by atoms with E-state index in [4.69, 9.17) is 9.31 Å². The van der Waals surface area contributed by atoms with Gasteiger partial charge in [-0.3, -0.25) is 0 Å². The second-order valence-corrected chi connectivity index (χ2v) is 10.9. The van der Waals surface area contributed by atoms with Crippen LogP contribution in [0.25, 0.3) is 0 Å². The maximum absolute atomic E-state index is 6.41. The van der Waals surface area contributed by atoms with E-state index < -0.39 is 0 Å². The van der Waals surface area contributed by atoms with Crippen LogP contribution in [-0.4, -0.2) is 18.6 Å². The maximum Gasteiger partial charge on any atom is 0.619 e. The molecule has 2 aliphatic heterocycles. The maximum atomic E-state index is 6.41. The minimum Gasteiger partial charge on any atom is -0.522 e. The van der Waals surface area contributed by atoms with E-state index in [0.717, 1.165) is 17.9 Å². The SMILES string of the molecule is CC(C)c1cccc(C(C)C)c1N1C(B2Oc3ccccc3O2)C(C)(C)CC1(C)C. The third kappa shape index (κ3) is 3.38. The zero-order valence-corrected chi connectivity index (χ0v) is 19.8. The van der Waals surface area contributed by atoms with Crippen LogP contribution in [0.1, 0.15) is 84.8 Å². The van der Waals surface area contributed by atoms with Crippen molar-refractivity contribution in [1.29, 1.82) is 0 Å². The summed E-state index contributed by atoms with van der Waals surface area (Å²) in [7, 11) is -0.320. The molecule has 0 bridgehead atoms. The van der Waals surface area contributed by atoms with Crippen molar-refractivity contribution >= 4 is 12.8 Å². The smallest absolute Gasteiger partial charge is 0.522 e. The molecule has 0 N–H and O–H groups in total. The van der Waals surface area contributed by atoms with E-state index in [9.17, 15) is 0 Å². The Kier molecular flexibility index (Phi) is 5.11. The summed E-state index contributed by atoms with van der Waals surface area (Å²) in [6, 6.07) is 14.9. The van der Waals surface area contributed by atoms with Crippen LogP contribution in [0, 0.1) is 5.41 Å². The van der Waals surface area contributed by atoms with Gasteiger partial charge >= 0.3 is 7.12 Å². The van der Waals surface area contributed by atoms with Gasteiger partial charge in [-0.1, -0.05) is 71.9 Å². The molecule has 30 heavy (non-hydrogen) atoms. The molecule has 4 heteroatoms. The fourth-order valence-electron chi connectivity index (χ4n) is 5.80. The minimum atomic E-state index is -0.320. The molecule has 0 aliphatic carbocycles. The van der Waals surface area contributed by atoms with Gasteiger partial charge in [0.05, 0.1) is 5.94 Å². The average molecular weight is 405 g/mol. The molecular weight excluding hydrogens is 369 g/mol. The van der Waals surface area contributed by atoms with E-state index in [-0.39, 0.29) is 24.0 Å². The van der Waals surface area contributed by atoms with Crippen LogP contribution in [0.4, 0.5) is 5.69 Å². The van der Waals surface area contributed by atoms with Gasteiger partial charge < -0.3 is 14.2 Å². The number of benzene rings is 2. The monoisotopic (exact) mass is 405 g/mol. The highest BCUT2D eigenvalue weighted by Crippen LogP contribution is 2.53. The van der Waals surface area contributed by atoms with E-state index in [1.54, 1.807) is 0 Å². The largest absolute Gasteiger partial charge is 0.619 e. The molecule has 1 fully saturated rings. The van der Waals surface area contributed by atoms with Crippen LogP contribution in [-0.2, 0) is 0 Å². The van der Waals surface area contributed by atoms with E-state index in [2.05, 4.69) is 78.5 Å². The van der Waals surface area contributed by atoms with Crippen LogP contribution in [0.2, 0.25) is 0 Å². The predicted molar refractivity (Wildman–Crippen MR) is 127 cm³/mol. The Morgan fingerprint density at radius 3 is 1.80 bits per heavy atom. The zero-order chi connectivity index (χ0) is 21.8. The van der Waals surface area contributed by atoms with Crippen LogP contribution in [0.15, 0.2) is 42.5 Å². The molecule has 3 nitrogen and oxygen atoms in total. The summed E-state index contributed by atoms with van der Waals surface area (Å²) in [6.45, 7) is 18.7. The third-order valence-electron chi connectivity index (χ3n) is 6.80. The summed E-state index contributed by atoms with van der Waals surface area (Å²) in [5.74, 6) is 2.70. The molecular formula is C26H36BNO2. The second-order valence-electron chi connectivity index (χ2n) is 10.9. The molecule has 1 atom stereocenters. The Labute approximate surface area is 182 Å². The van der Waals surface area contributed by atoms with Crippen molar-refractivity contribution < 1.29 is 9.31 Å². The van der Waals surface area contributed by atoms with Gasteiger partial charge in [0.25, 0.3) is 0 Å². The number of nitrogens with zero attached hydrogens (tertiary/aromatic N) is 1. The topological polar surface area (TPSA) is 21.7 Å². The van der Waals surface area contributed by atoms with E-state index in [1.807, 2.05) is 24.3 Å². The first-order valence-corrected chi connectivity index (χ1v) is 11.4. The average Bonchev–Trinajstić information content (AvgIpc) is 3.14. The lowest BCUT2D eigenvalue weighted by Crippen LogP contribution is -2.57. The van der Waals surface area contributed by atoms with Crippen LogP contribution < -0.4 is 14.2 Å². The normalized spacial score (nSPS) is 21.7. The number of hydrogen-bond acceptors (Lipinski definition) is 3. The molecule has 0 amide bonds. The predicted octanol–water partition coefficient (Wildman–Crippen LogP) is 6.82. The molecule has 0 radical (unpaired) electrons. The molecule has 1 saturated heterocycles. The summed E-state index contributed by atoms with van der Waals surface area (Å²) in [5.41, 5.74) is 4.23. The number of fused-ring (bicyclic) bond motifs is 1. The van der Waals surface area contributed by atoms with Gasteiger partial charge in [-0.15, -0.1) is 0 Å². The highest BCUT2D eigenvalue weighted by atomic mass is 16.6. The minimum absolute atomic E-state index is 0.00963. The summed E-state index contributed by atoms with van der Waals surface area (Å²) < 4.78 is 12.8. The van der Waals surface area contributed by atoms with E-state index >= 15 is 0 Å². The van der Waals surface area contributed by atoms with E-state index in [0.29, 0.717) is 11.8 Å². The highest BCUT2D eigenvalue weighted by Gasteiger charge is 2.61. The van der Waals surface area contributed by atoms with Gasteiger partial charge in [-0.25, -0.2) is 0 Å². The van der Waals surface area contributed by atoms with Crippen molar-refractivity contribution in [2.24, 2.45) is 5.41 Å². The zero-order valence-electron chi connectivity index (χ0n) is 19.8. The molecule has 160 valence electrons. The van der Waals surface area contributed by atoms with Gasteiger partial charge in [0.15, 0.2) is 0 Å². The fourth-order valence-corrected chi connectivity index (χ4v) is 5.80. The Hall–Kier alpha value is -2.10. The Balaban J connectivity index is 1.87. The van der Waals surface area contributed by atoms with Crippen LogP contribution >= 0.6 is 0 Å². The first-order chi connectivity index (χ1) is 14.0. The molecule has 0 aromatic heterocycles. The summed E-state index contributed by atoms with van der Waals surface area (Å²) in [6.07, 6.45) is 1.08. The molecule has 1 unspecified atom stereocenters. The van der Waals surface area contributed by atoms with Crippen molar-refractivity contribution in [3.05, 3.63) is 53.6 Å². The lowest BCUT2D eigenvalue weighted by Gasteiger charge is -2.42. The molecule has 2 heterocycles. The molecule has 4 rings (SSSR count). The number of hydrogen-bond donors (Lipinski definition) is 0. The van der Waals surface area contributed by atoms with Gasteiger partial charge in [-0.2, -0.15) is 0 Å². The number of rotatable bonds is 4. The third-order valence-corrected chi connectivity index (χ3v) is 6.80. The van der Waals surface area contributed by atoms with Gasteiger partial charge in [-0.05, 0) is 60.8 Å². The number of para-hydroxylation sites is 3. The van der Waals surface area contributed by atoms with Crippen molar-refractivity contribution in [3.8, 4) is 11.5 Å². The molecule has 0 saturated carbocycles. The standard InChI is InChI=1S/C26H36BNO2/c1-17(2)19-12-11-13-20(18(3)4)23(19)28-24(25(5,6)16-26(28,7)8)27-29-21-14-9-10-15-22(21)30-27/h9-15,17-18,24H,16H2,1-8H3. The van der Waals surface area contributed by atoms with Crippen LogP contribution in [0.5, 0.6) is 11.5 Å². The first-order valence-electron chi connectivity index (χ1n) is 11.4. The van der Waals surface area contributed by atoms with Crippen molar-refractivity contribution in [1.82, 2.24) is 0 Å². The summed E-state index contributed by atoms with van der Waals surface area (Å²) in [4.78, 5) is 2.65. The lowest BCUT2D eigenvalue weighted by molar-refractivity contribution is 0.329. The van der Waals surface area contributed by atoms with Gasteiger partial charge in [0.1, 0.15) is 11.5 Å². The molecule has 0 spiro atoms. The fraction of sp³-hybridized carbons (Fsp3) is 0.538. The second kappa shape index (κ2) is 7.25. The Morgan fingerprint density at radius 2 is 1.33 bits per heavy atom. The molecule has 2 aliphatic rings. The molecule has 2 aromatic carbocycles.